The summed E-state index contributed by atoms with van der Waals surface area (Å²) in [6, 6.07) is 1.64. The van der Waals surface area contributed by atoms with E-state index in [0.29, 0.717) is 31.2 Å². The summed E-state index contributed by atoms with van der Waals surface area (Å²) in [6.45, 7) is 4.71. The van der Waals surface area contributed by atoms with Crippen LogP contribution in [0.1, 0.15) is 39.0 Å². The van der Waals surface area contributed by atoms with Gasteiger partial charge in [-0.15, -0.1) is 0 Å². The number of hydrogen-bond donors (Lipinski definition) is 2. The Morgan fingerprint density at radius 1 is 1.32 bits per heavy atom. The smallest absolute Gasteiger partial charge is 0.211 e. The molecule has 112 valence electrons. The monoisotopic (exact) mass is 289 g/mol. The third-order valence-corrected chi connectivity index (χ3v) is 5.55. The van der Waals surface area contributed by atoms with Crippen LogP contribution in [0.5, 0.6) is 0 Å². The number of sulfonamides is 1. The fourth-order valence-electron chi connectivity index (χ4n) is 3.21. The van der Waals surface area contributed by atoms with Crippen LogP contribution in [0.4, 0.5) is 0 Å². The van der Waals surface area contributed by atoms with Gasteiger partial charge in [0.25, 0.3) is 0 Å². The molecule has 2 saturated heterocycles. The lowest BCUT2D eigenvalue weighted by molar-refractivity contribution is 0.269. The molecule has 2 N–H and O–H groups in total. The van der Waals surface area contributed by atoms with E-state index in [1.54, 1.807) is 4.31 Å². The van der Waals surface area contributed by atoms with E-state index in [-0.39, 0.29) is 0 Å². The van der Waals surface area contributed by atoms with E-state index in [0.717, 1.165) is 19.4 Å². The normalized spacial score (nSPS) is 28.6. The van der Waals surface area contributed by atoms with Gasteiger partial charge in [0.2, 0.25) is 10.0 Å². The van der Waals surface area contributed by atoms with Gasteiger partial charge >= 0.3 is 0 Å². The Morgan fingerprint density at radius 2 is 2.00 bits per heavy atom. The molecular weight excluding hydrogens is 262 g/mol. The first-order valence-corrected chi connectivity index (χ1v) is 9.24. The zero-order chi connectivity index (χ0) is 13.9. The topological polar surface area (TPSA) is 61.4 Å². The summed E-state index contributed by atoms with van der Waals surface area (Å²) in [5.74, 6) is 0. The maximum absolute atomic E-state index is 11.4. The van der Waals surface area contributed by atoms with Crippen molar-refractivity contribution >= 4 is 10.0 Å². The van der Waals surface area contributed by atoms with Crippen molar-refractivity contribution in [3.05, 3.63) is 0 Å². The summed E-state index contributed by atoms with van der Waals surface area (Å²) in [7, 11) is -3.00. The van der Waals surface area contributed by atoms with E-state index < -0.39 is 10.0 Å². The van der Waals surface area contributed by atoms with Crippen molar-refractivity contribution in [2.45, 2.75) is 57.2 Å². The van der Waals surface area contributed by atoms with Crippen LogP contribution in [0.2, 0.25) is 0 Å². The van der Waals surface area contributed by atoms with Crippen molar-refractivity contribution in [3.63, 3.8) is 0 Å². The molecule has 2 rings (SSSR count). The van der Waals surface area contributed by atoms with Crippen molar-refractivity contribution in [2.24, 2.45) is 0 Å². The summed E-state index contributed by atoms with van der Waals surface area (Å²) < 4.78 is 24.5. The van der Waals surface area contributed by atoms with Gasteiger partial charge in [-0.25, -0.2) is 12.7 Å². The first-order valence-electron chi connectivity index (χ1n) is 7.39. The second-order valence-electron chi connectivity index (χ2n) is 6.03. The molecule has 5 nitrogen and oxygen atoms in total. The Bertz CT molecular complexity index is 371. The van der Waals surface area contributed by atoms with Crippen LogP contribution in [-0.4, -0.2) is 56.7 Å². The van der Waals surface area contributed by atoms with Crippen LogP contribution in [0, 0.1) is 0 Å². The molecule has 2 unspecified atom stereocenters. The Kier molecular flexibility index (Phi) is 5.22. The number of nitrogens with one attached hydrogen (secondary N) is 2. The van der Waals surface area contributed by atoms with Crippen molar-refractivity contribution < 1.29 is 8.42 Å². The highest BCUT2D eigenvalue weighted by atomic mass is 32.2. The van der Waals surface area contributed by atoms with Crippen LogP contribution in [0.3, 0.4) is 0 Å². The van der Waals surface area contributed by atoms with Gasteiger partial charge in [-0.1, -0.05) is 0 Å². The lowest BCUT2D eigenvalue weighted by atomic mass is 10.0. The lowest BCUT2D eigenvalue weighted by Gasteiger charge is -2.33. The number of hydrogen-bond acceptors (Lipinski definition) is 4. The average molecular weight is 289 g/mol. The minimum Gasteiger partial charge on any atom is -0.314 e. The molecule has 2 aliphatic heterocycles. The molecule has 0 spiro atoms. The van der Waals surface area contributed by atoms with E-state index in [2.05, 4.69) is 17.6 Å². The van der Waals surface area contributed by atoms with Crippen molar-refractivity contribution in [1.82, 2.24) is 14.9 Å². The molecule has 2 fully saturated rings. The lowest BCUT2D eigenvalue weighted by Crippen LogP contribution is -2.47. The second-order valence-corrected chi connectivity index (χ2v) is 8.02. The molecule has 0 aromatic heterocycles. The van der Waals surface area contributed by atoms with E-state index in [1.165, 1.54) is 25.5 Å². The van der Waals surface area contributed by atoms with Gasteiger partial charge in [-0.05, 0) is 45.6 Å². The molecule has 0 aromatic carbocycles. The first kappa shape index (κ1) is 15.2. The van der Waals surface area contributed by atoms with Crippen molar-refractivity contribution in [3.8, 4) is 0 Å². The minimum absolute atomic E-state index is 0.467. The zero-order valence-electron chi connectivity index (χ0n) is 12.1. The fourth-order valence-corrected chi connectivity index (χ4v) is 4.08. The molecular formula is C13H27N3O2S. The SMILES string of the molecule is CC(CC1CCCN1)NC1CCN(S(C)(=O)=O)CC1. The first-order chi connectivity index (χ1) is 8.95. The quantitative estimate of drug-likeness (QED) is 0.775. The molecule has 2 aliphatic rings. The van der Waals surface area contributed by atoms with E-state index in [9.17, 15) is 8.42 Å². The van der Waals surface area contributed by atoms with E-state index >= 15 is 0 Å². The van der Waals surface area contributed by atoms with Gasteiger partial charge in [0.1, 0.15) is 0 Å². The zero-order valence-corrected chi connectivity index (χ0v) is 12.9. The maximum atomic E-state index is 11.4. The van der Waals surface area contributed by atoms with Gasteiger partial charge in [0, 0.05) is 31.2 Å². The molecule has 6 heteroatoms. The van der Waals surface area contributed by atoms with Gasteiger partial charge < -0.3 is 10.6 Å². The number of nitrogens with zero attached hydrogens (tertiary/aromatic N) is 1. The van der Waals surface area contributed by atoms with Gasteiger partial charge in [-0.2, -0.15) is 0 Å². The minimum atomic E-state index is -3.00. The van der Waals surface area contributed by atoms with Crippen molar-refractivity contribution in [2.75, 3.05) is 25.9 Å². The summed E-state index contributed by atoms with van der Waals surface area (Å²) >= 11 is 0. The summed E-state index contributed by atoms with van der Waals surface area (Å²) in [6.07, 6.45) is 6.91. The van der Waals surface area contributed by atoms with Crippen molar-refractivity contribution in [1.29, 1.82) is 0 Å². The third-order valence-electron chi connectivity index (χ3n) is 4.24. The molecule has 0 bridgehead atoms. The second kappa shape index (κ2) is 6.52. The molecule has 0 radical (unpaired) electrons. The molecule has 0 aromatic rings. The summed E-state index contributed by atoms with van der Waals surface area (Å²) in [5, 5.41) is 7.18. The van der Waals surface area contributed by atoms with Gasteiger partial charge in [-0.3, -0.25) is 0 Å². The third kappa shape index (κ3) is 4.70. The summed E-state index contributed by atoms with van der Waals surface area (Å²) in [5.41, 5.74) is 0. The fraction of sp³-hybridized carbons (Fsp3) is 1.00. The molecule has 0 saturated carbocycles. The van der Waals surface area contributed by atoms with Crippen LogP contribution in [-0.2, 0) is 10.0 Å². The highest BCUT2D eigenvalue weighted by Crippen LogP contribution is 2.16. The molecule has 0 aliphatic carbocycles. The van der Waals surface area contributed by atoms with Crippen LogP contribution in [0.15, 0.2) is 0 Å². The maximum Gasteiger partial charge on any atom is 0.211 e. The molecule has 19 heavy (non-hydrogen) atoms. The van der Waals surface area contributed by atoms with E-state index in [1.807, 2.05) is 0 Å². The number of rotatable bonds is 5. The molecule has 0 amide bonds. The van der Waals surface area contributed by atoms with Crippen LogP contribution < -0.4 is 10.6 Å². The Labute approximate surface area is 117 Å². The van der Waals surface area contributed by atoms with Crippen LogP contribution in [0.25, 0.3) is 0 Å². The largest absolute Gasteiger partial charge is 0.314 e. The Morgan fingerprint density at radius 3 is 2.53 bits per heavy atom. The van der Waals surface area contributed by atoms with E-state index in [4.69, 9.17) is 0 Å². The predicted octanol–water partition coefficient (Wildman–Crippen LogP) is 0.531. The van der Waals surface area contributed by atoms with Crippen LogP contribution >= 0.6 is 0 Å². The highest BCUT2D eigenvalue weighted by Gasteiger charge is 2.26. The number of piperidine rings is 1. The van der Waals surface area contributed by atoms with Gasteiger partial charge in [0.05, 0.1) is 6.26 Å². The predicted molar refractivity (Wildman–Crippen MR) is 77.7 cm³/mol. The average Bonchev–Trinajstić information content (AvgIpc) is 2.81. The Hall–Kier alpha value is -0.170. The highest BCUT2D eigenvalue weighted by molar-refractivity contribution is 7.88. The molecule has 2 heterocycles. The Balaban J connectivity index is 1.70. The molecule has 2 atom stereocenters. The van der Waals surface area contributed by atoms with Gasteiger partial charge in [0.15, 0.2) is 0 Å². The standard InChI is InChI=1S/C13H27N3O2S/c1-11(10-13-4-3-7-14-13)15-12-5-8-16(9-6-12)19(2,17)18/h11-15H,3-10H2,1-2H3. The summed E-state index contributed by atoms with van der Waals surface area (Å²) in [4.78, 5) is 0.